The maximum Gasteiger partial charge on any atom is 0.304 e. The normalized spacial score (nSPS) is 25.2. The fourth-order valence-electron chi connectivity index (χ4n) is 5.81. The van der Waals surface area contributed by atoms with E-state index < -0.39 is 11.6 Å². The van der Waals surface area contributed by atoms with Crippen LogP contribution >= 0.6 is 0 Å². The quantitative estimate of drug-likeness (QED) is 0.548. The lowest BCUT2D eigenvalue weighted by Crippen LogP contribution is -2.33. The van der Waals surface area contributed by atoms with Crippen molar-refractivity contribution >= 4 is 11.8 Å². The molecule has 4 heterocycles. The number of benzene rings is 1. The Bertz CT molecular complexity index is 1040. The number of nitrogens with one attached hydrogen (secondary N) is 1. The van der Waals surface area contributed by atoms with Gasteiger partial charge in [0.25, 0.3) is 0 Å². The number of pyridine rings is 1. The lowest BCUT2D eigenvalue weighted by atomic mass is 9.90. The third-order valence-corrected chi connectivity index (χ3v) is 7.85. The van der Waals surface area contributed by atoms with Crippen molar-refractivity contribution < 1.29 is 19.0 Å². The molecule has 2 saturated heterocycles. The Labute approximate surface area is 206 Å². The van der Waals surface area contributed by atoms with Crippen molar-refractivity contribution in [1.82, 2.24) is 9.88 Å². The first-order valence-electron chi connectivity index (χ1n) is 13.0. The summed E-state index contributed by atoms with van der Waals surface area (Å²) in [5.74, 6) is 0.351. The summed E-state index contributed by atoms with van der Waals surface area (Å²) < 4.78 is 21.3. The largest absolute Gasteiger partial charge is 0.481 e. The molecule has 0 bridgehead atoms. The Morgan fingerprint density at radius 1 is 1.34 bits per heavy atom. The van der Waals surface area contributed by atoms with Gasteiger partial charge in [-0.2, -0.15) is 0 Å². The number of aryl methyl sites for hydroxylation is 2. The molecule has 2 N–H and O–H groups in total. The summed E-state index contributed by atoms with van der Waals surface area (Å²) in [6.45, 7) is 4.00. The predicted molar refractivity (Wildman–Crippen MR) is 134 cm³/mol. The van der Waals surface area contributed by atoms with Gasteiger partial charge in [-0.3, -0.25) is 9.69 Å². The molecule has 0 amide bonds. The van der Waals surface area contributed by atoms with E-state index in [1.807, 2.05) is 18.2 Å². The molecule has 7 heteroatoms. The van der Waals surface area contributed by atoms with E-state index in [0.717, 1.165) is 56.1 Å². The zero-order chi connectivity index (χ0) is 24.3. The van der Waals surface area contributed by atoms with Crippen molar-refractivity contribution in [3.05, 3.63) is 58.8 Å². The molecule has 0 spiro atoms. The molecule has 0 saturated carbocycles. The SMILES string of the molecule is O=C(O)CC(CN1CC[C@@](F)(CCc2ccc3c(n2)NCCC3)C1)c1cccc(C2CCOC2)c1. The number of carboxylic acids is 1. The maximum absolute atomic E-state index is 15.8. The fraction of sp³-hybridized carbons (Fsp3) is 0.571. The second kappa shape index (κ2) is 10.6. The molecule has 3 atom stereocenters. The van der Waals surface area contributed by atoms with Gasteiger partial charge in [0.1, 0.15) is 11.5 Å². The number of anilines is 1. The molecule has 1 aromatic carbocycles. The summed E-state index contributed by atoms with van der Waals surface area (Å²) in [6.07, 6.45) is 4.76. The average molecular weight is 482 g/mol. The van der Waals surface area contributed by atoms with E-state index in [1.165, 1.54) is 11.1 Å². The molecule has 2 fully saturated rings. The lowest BCUT2D eigenvalue weighted by Gasteiger charge is -2.25. The molecule has 3 aliphatic rings. The minimum Gasteiger partial charge on any atom is -0.481 e. The molecular weight excluding hydrogens is 445 g/mol. The number of halogens is 1. The lowest BCUT2D eigenvalue weighted by molar-refractivity contribution is -0.137. The van der Waals surface area contributed by atoms with Crippen molar-refractivity contribution in [3.63, 3.8) is 0 Å². The van der Waals surface area contributed by atoms with Crippen LogP contribution in [0.3, 0.4) is 0 Å². The molecule has 188 valence electrons. The Morgan fingerprint density at radius 2 is 2.26 bits per heavy atom. The number of likely N-dealkylation sites (tertiary alicyclic amines) is 1. The number of fused-ring (bicyclic) bond motifs is 1. The van der Waals surface area contributed by atoms with Crippen molar-refractivity contribution in [3.8, 4) is 0 Å². The number of carboxylic acid groups (broad SMARTS) is 1. The summed E-state index contributed by atoms with van der Waals surface area (Å²) in [4.78, 5) is 18.5. The molecule has 3 aliphatic heterocycles. The Hall–Kier alpha value is -2.51. The van der Waals surface area contributed by atoms with Crippen LogP contribution < -0.4 is 5.32 Å². The molecule has 0 radical (unpaired) electrons. The summed E-state index contributed by atoms with van der Waals surface area (Å²) >= 11 is 0. The first kappa shape index (κ1) is 24.2. The Kier molecular flexibility index (Phi) is 7.35. The van der Waals surface area contributed by atoms with Crippen molar-refractivity contribution in [1.29, 1.82) is 0 Å². The van der Waals surface area contributed by atoms with Crippen LogP contribution in [-0.2, 0) is 22.4 Å². The Balaban J connectivity index is 1.21. The fourth-order valence-corrected chi connectivity index (χ4v) is 5.81. The average Bonchev–Trinajstić information content (AvgIpc) is 3.53. The smallest absolute Gasteiger partial charge is 0.304 e. The molecule has 5 rings (SSSR count). The number of carbonyl (C=O) groups is 1. The van der Waals surface area contributed by atoms with Crippen molar-refractivity contribution in [2.24, 2.45) is 0 Å². The third-order valence-electron chi connectivity index (χ3n) is 7.85. The van der Waals surface area contributed by atoms with E-state index in [1.54, 1.807) is 0 Å². The number of aromatic nitrogens is 1. The highest BCUT2D eigenvalue weighted by Crippen LogP contribution is 2.34. The van der Waals surface area contributed by atoms with Crippen molar-refractivity contribution in [2.45, 2.75) is 62.5 Å². The van der Waals surface area contributed by atoms with Gasteiger partial charge < -0.3 is 15.2 Å². The summed E-state index contributed by atoms with van der Waals surface area (Å²) in [7, 11) is 0. The standard InChI is InChI=1S/C28H36FN3O3/c29-28(10-8-25-7-6-20-5-2-12-30-27(20)31-25)11-13-32(19-28)17-24(16-26(33)34)22-4-1-3-21(15-22)23-9-14-35-18-23/h1,3-4,6-7,15,23-24H,2,5,8-14,16-19H2,(H,30,31)(H,33,34)/t23?,24?,28-/m0/s1. The minimum absolute atomic E-state index is 0.0481. The van der Waals surface area contributed by atoms with Crippen LogP contribution in [0.15, 0.2) is 36.4 Å². The van der Waals surface area contributed by atoms with Crippen molar-refractivity contribution in [2.75, 3.05) is 44.7 Å². The number of aliphatic carboxylic acids is 1. The number of alkyl halides is 1. The second-order valence-corrected chi connectivity index (χ2v) is 10.5. The summed E-state index contributed by atoms with van der Waals surface area (Å²) in [6, 6.07) is 12.4. The summed E-state index contributed by atoms with van der Waals surface area (Å²) in [5, 5.41) is 12.9. The van der Waals surface area contributed by atoms with E-state index in [4.69, 9.17) is 9.72 Å². The topological polar surface area (TPSA) is 74.7 Å². The van der Waals surface area contributed by atoms with Crippen LogP contribution in [0.2, 0.25) is 0 Å². The van der Waals surface area contributed by atoms with E-state index >= 15 is 4.39 Å². The van der Waals surface area contributed by atoms with Gasteiger partial charge in [-0.15, -0.1) is 0 Å². The molecule has 2 aromatic rings. The zero-order valence-corrected chi connectivity index (χ0v) is 20.3. The van der Waals surface area contributed by atoms with E-state index in [2.05, 4.69) is 28.4 Å². The molecule has 0 aliphatic carbocycles. The van der Waals surface area contributed by atoms with Gasteiger partial charge in [-0.25, -0.2) is 9.37 Å². The van der Waals surface area contributed by atoms with Crippen LogP contribution in [0, 0.1) is 0 Å². The van der Waals surface area contributed by atoms with E-state index in [-0.39, 0.29) is 12.3 Å². The van der Waals surface area contributed by atoms with Crippen LogP contribution in [0.5, 0.6) is 0 Å². The van der Waals surface area contributed by atoms with Crippen LogP contribution in [0.1, 0.15) is 66.3 Å². The monoisotopic (exact) mass is 481 g/mol. The molecule has 35 heavy (non-hydrogen) atoms. The highest BCUT2D eigenvalue weighted by Gasteiger charge is 2.39. The number of hydrogen-bond donors (Lipinski definition) is 2. The van der Waals surface area contributed by atoms with E-state index in [0.29, 0.717) is 44.8 Å². The van der Waals surface area contributed by atoms with Gasteiger partial charge in [0.2, 0.25) is 0 Å². The van der Waals surface area contributed by atoms with Gasteiger partial charge in [0, 0.05) is 50.3 Å². The van der Waals surface area contributed by atoms with Crippen LogP contribution in [-0.4, -0.2) is 66.0 Å². The number of ether oxygens (including phenoxy) is 1. The second-order valence-electron chi connectivity index (χ2n) is 10.5. The number of hydrogen-bond acceptors (Lipinski definition) is 5. The van der Waals surface area contributed by atoms with Gasteiger partial charge in [-0.05, 0) is 61.3 Å². The van der Waals surface area contributed by atoms with E-state index in [9.17, 15) is 9.90 Å². The van der Waals surface area contributed by atoms with Gasteiger partial charge in [0.15, 0.2) is 0 Å². The third kappa shape index (κ3) is 6.01. The molecule has 6 nitrogen and oxygen atoms in total. The first-order chi connectivity index (χ1) is 17.0. The zero-order valence-electron chi connectivity index (χ0n) is 20.3. The van der Waals surface area contributed by atoms with Gasteiger partial charge in [-0.1, -0.05) is 30.3 Å². The molecule has 1 aromatic heterocycles. The minimum atomic E-state index is -1.26. The van der Waals surface area contributed by atoms with Gasteiger partial charge in [0.05, 0.1) is 13.0 Å². The molecular formula is C28H36FN3O3. The highest BCUT2D eigenvalue weighted by molar-refractivity contribution is 5.68. The molecule has 2 unspecified atom stereocenters. The number of rotatable bonds is 9. The van der Waals surface area contributed by atoms with Gasteiger partial charge >= 0.3 is 5.97 Å². The summed E-state index contributed by atoms with van der Waals surface area (Å²) in [5.41, 5.74) is 3.16. The Morgan fingerprint density at radius 3 is 3.09 bits per heavy atom. The van der Waals surface area contributed by atoms with Crippen LogP contribution in [0.25, 0.3) is 0 Å². The van der Waals surface area contributed by atoms with Crippen LogP contribution in [0.4, 0.5) is 10.2 Å². The first-order valence-corrected chi connectivity index (χ1v) is 13.0. The predicted octanol–water partition coefficient (Wildman–Crippen LogP) is 4.55. The maximum atomic E-state index is 15.8. The number of nitrogens with zero attached hydrogens (tertiary/aromatic N) is 2. The highest BCUT2D eigenvalue weighted by atomic mass is 19.1.